The number of carbonyl (C=O) groups is 2. The molecule has 2 N–H and O–H groups in total. The van der Waals surface area contributed by atoms with Crippen molar-refractivity contribution >= 4 is 23.5 Å². The summed E-state index contributed by atoms with van der Waals surface area (Å²) in [6, 6.07) is 14.1. The van der Waals surface area contributed by atoms with Gasteiger partial charge in [-0.1, -0.05) is 42.8 Å². The molecule has 0 aromatic heterocycles. The number of para-hydroxylation sites is 1. The van der Waals surface area contributed by atoms with E-state index in [4.69, 9.17) is 26.2 Å². The van der Waals surface area contributed by atoms with Crippen molar-refractivity contribution in [3.63, 3.8) is 0 Å². The second kappa shape index (κ2) is 10.4. The number of hydrogen-bond acceptors (Lipinski definition) is 4. The molecular formula is C20H22ClNO5. The number of halogens is 1. The van der Waals surface area contributed by atoms with E-state index in [1.807, 2.05) is 19.1 Å². The summed E-state index contributed by atoms with van der Waals surface area (Å²) in [6.07, 6.45) is 0.539. The van der Waals surface area contributed by atoms with E-state index in [0.717, 1.165) is 5.56 Å². The van der Waals surface area contributed by atoms with E-state index in [2.05, 4.69) is 5.32 Å². The van der Waals surface area contributed by atoms with Crippen molar-refractivity contribution in [2.45, 2.75) is 25.9 Å². The molecule has 0 saturated carbocycles. The molecule has 2 aromatic rings. The molecule has 27 heavy (non-hydrogen) atoms. The van der Waals surface area contributed by atoms with Gasteiger partial charge in [0, 0.05) is 6.54 Å². The van der Waals surface area contributed by atoms with E-state index in [-0.39, 0.29) is 12.5 Å². The third-order valence-electron chi connectivity index (χ3n) is 3.77. The van der Waals surface area contributed by atoms with Gasteiger partial charge in [-0.05, 0) is 42.7 Å². The Kier molecular flexibility index (Phi) is 7.95. The van der Waals surface area contributed by atoms with E-state index < -0.39 is 12.1 Å². The third-order valence-corrected chi connectivity index (χ3v) is 4.08. The first-order chi connectivity index (χ1) is 13.0. The van der Waals surface area contributed by atoms with Crippen LogP contribution in [0.2, 0.25) is 5.02 Å². The minimum atomic E-state index is -1.02. The first kappa shape index (κ1) is 20.6. The molecule has 7 heteroatoms. The highest BCUT2D eigenvalue weighted by Gasteiger charge is 2.18. The largest absolute Gasteiger partial charge is 0.482 e. The lowest BCUT2D eigenvalue weighted by atomic mass is 10.1. The van der Waals surface area contributed by atoms with Crippen molar-refractivity contribution in [3.8, 4) is 11.5 Å². The number of aliphatic carboxylic acids is 1. The van der Waals surface area contributed by atoms with E-state index in [0.29, 0.717) is 35.9 Å². The van der Waals surface area contributed by atoms with E-state index in [1.54, 1.807) is 36.4 Å². The lowest BCUT2D eigenvalue weighted by Gasteiger charge is -2.18. The van der Waals surface area contributed by atoms with Gasteiger partial charge in [0.2, 0.25) is 0 Å². The number of hydrogen-bond donors (Lipinski definition) is 2. The molecule has 6 nitrogen and oxygen atoms in total. The summed E-state index contributed by atoms with van der Waals surface area (Å²) in [6.45, 7) is 1.95. The fourth-order valence-electron chi connectivity index (χ4n) is 2.36. The first-order valence-corrected chi connectivity index (χ1v) is 8.99. The van der Waals surface area contributed by atoms with Gasteiger partial charge in [0.05, 0.1) is 5.02 Å². The Bertz CT molecular complexity index is 763. The Labute approximate surface area is 163 Å². The normalized spacial score (nSPS) is 11.5. The van der Waals surface area contributed by atoms with Gasteiger partial charge < -0.3 is 19.9 Å². The fraction of sp³-hybridized carbons (Fsp3) is 0.300. The van der Waals surface area contributed by atoms with Crippen LogP contribution in [0, 0.1) is 0 Å². The number of benzene rings is 2. The molecule has 2 aromatic carbocycles. The standard InChI is InChI=1S/C20H22ClNO5/c1-2-17(27-18-6-4-3-5-16(18)21)20(25)22-12-11-14-7-9-15(10-8-14)26-13-19(23)24/h3-10,17H,2,11-13H2,1H3,(H,22,25)(H,23,24). The van der Waals surface area contributed by atoms with Gasteiger partial charge in [0.15, 0.2) is 12.7 Å². The number of amides is 1. The number of carboxylic acids is 1. The molecule has 0 radical (unpaired) electrons. The number of carbonyl (C=O) groups excluding carboxylic acids is 1. The zero-order valence-electron chi connectivity index (χ0n) is 15.0. The highest BCUT2D eigenvalue weighted by Crippen LogP contribution is 2.24. The van der Waals surface area contributed by atoms with E-state index in [9.17, 15) is 9.59 Å². The number of rotatable bonds is 10. The Balaban J connectivity index is 1.80. The smallest absolute Gasteiger partial charge is 0.341 e. The monoisotopic (exact) mass is 391 g/mol. The van der Waals surface area contributed by atoms with Crippen LogP contribution >= 0.6 is 11.6 Å². The minimum Gasteiger partial charge on any atom is -0.482 e. The van der Waals surface area contributed by atoms with Crippen molar-refractivity contribution in [3.05, 3.63) is 59.1 Å². The molecule has 0 saturated heterocycles. The average Bonchev–Trinajstić information content (AvgIpc) is 2.66. The van der Waals surface area contributed by atoms with Crippen LogP contribution in [0.15, 0.2) is 48.5 Å². The molecule has 144 valence electrons. The van der Waals surface area contributed by atoms with Crippen molar-refractivity contribution in [2.24, 2.45) is 0 Å². The summed E-state index contributed by atoms with van der Waals surface area (Å²) in [7, 11) is 0. The Morgan fingerprint density at radius 2 is 1.85 bits per heavy atom. The molecular weight excluding hydrogens is 370 g/mol. The summed E-state index contributed by atoms with van der Waals surface area (Å²) in [5, 5.41) is 11.9. The molecule has 0 bridgehead atoms. The molecule has 0 spiro atoms. The zero-order valence-corrected chi connectivity index (χ0v) is 15.7. The highest BCUT2D eigenvalue weighted by molar-refractivity contribution is 6.32. The fourth-order valence-corrected chi connectivity index (χ4v) is 2.54. The lowest BCUT2D eigenvalue weighted by Crippen LogP contribution is -2.39. The van der Waals surface area contributed by atoms with Crippen LogP contribution in [0.3, 0.4) is 0 Å². The molecule has 0 aliphatic heterocycles. The van der Waals surface area contributed by atoms with Crippen molar-refractivity contribution in [1.29, 1.82) is 0 Å². The molecule has 1 amide bonds. The van der Waals surface area contributed by atoms with Crippen molar-refractivity contribution in [2.75, 3.05) is 13.2 Å². The maximum Gasteiger partial charge on any atom is 0.341 e. The van der Waals surface area contributed by atoms with Crippen LogP contribution in [0.4, 0.5) is 0 Å². The quantitative estimate of drug-likeness (QED) is 0.649. The summed E-state index contributed by atoms with van der Waals surface area (Å²) < 4.78 is 10.8. The van der Waals surface area contributed by atoms with E-state index >= 15 is 0 Å². The first-order valence-electron chi connectivity index (χ1n) is 8.62. The second-order valence-corrected chi connectivity index (χ2v) is 6.22. The van der Waals surface area contributed by atoms with Crippen LogP contribution in [0.25, 0.3) is 0 Å². The predicted octanol–water partition coefficient (Wildman–Crippen LogP) is 3.32. The summed E-state index contributed by atoms with van der Waals surface area (Å²) >= 11 is 6.07. The zero-order chi connectivity index (χ0) is 19.6. The SMILES string of the molecule is CCC(Oc1ccccc1Cl)C(=O)NCCc1ccc(OCC(=O)O)cc1. The van der Waals surface area contributed by atoms with Gasteiger partial charge in [-0.2, -0.15) is 0 Å². The van der Waals surface area contributed by atoms with Crippen LogP contribution in [-0.2, 0) is 16.0 Å². The van der Waals surface area contributed by atoms with Crippen molar-refractivity contribution in [1.82, 2.24) is 5.32 Å². The van der Waals surface area contributed by atoms with Crippen molar-refractivity contribution < 1.29 is 24.2 Å². The Morgan fingerprint density at radius 3 is 2.48 bits per heavy atom. The maximum atomic E-state index is 12.3. The van der Waals surface area contributed by atoms with Crippen LogP contribution in [0.1, 0.15) is 18.9 Å². The Hall–Kier alpha value is -2.73. The molecule has 1 atom stereocenters. The van der Waals surface area contributed by atoms with Gasteiger partial charge in [-0.25, -0.2) is 4.79 Å². The second-order valence-electron chi connectivity index (χ2n) is 5.81. The van der Waals surface area contributed by atoms with Gasteiger partial charge in [0.25, 0.3) is 5.91 Å². The summed E-state index contributed by atoms with van der Waals surface area (Å²) in [5.74, 6) is -0.243. The summed E-state index contributed by atoms with van der Waals surface area (Å²) in [4.78, 5) is 22.8. The number of nitrogens with one attached hydrogen (secondary N) is 1. The molecule has 0 aliphatic carbocycles. The van der Waals surface area contributed by atoms with Gasteiger partial charge in [-0.15, -0.1) is 0 Å². The summed E-state index contributed by atoms with van der Waals surface area (Å²) in [5.41, 5.74) is 0.998. The lowest BCUT2D eigenvalue weighted by molar-refractivity contribution is -0.139. The molecule has 0 aliphatic rings. The molecule has 2 rings (SSSR count). The van der Waals surface area contributed by atoms with Crippen LogP contribution in [0.5, 0.6) is 11.5 Å². The van der Waals surface area contributed by atoms with Crippen LogP contribution < -0.4 is 14.8 Å². The molecule has 0 fully saturated rings. The minimum absolute atomic E-state index is 0.196. The van der Waals surface area contributed by atoms with Gasteiger partial charge >= 0.3 is 5.97 Å². The maximum absolute atomic E-state index is 12.3. The number of carboxylic acid groups (broad SMARTS) is 1. The van der Waals surface area contributed by atoms with E-state index in [1.165, 1.54) is 0 Å². The number of ether oxygens (including phenoxy) is 2. The average molecular weight is 392 g/mol. The molecule has 0 heterocycles. The molecule has 1 unspecified atom stereocenters. The van der Waals surface area contributed by atoms with Gasteiger partial charge in [-0.3, -0.25) is 4.79 Å². The third kappa shape index (κ3) is 6.83. The highest BCUT2D eigenvalue weighted by atomic mass is 35.5. The van der Waals surface area contributed by atoms with Crippen LogP contribution in [-0.4, -0.2) is 36.2 Å². The Morgan fingerprint density at radius 1 is 1.15 bits per heavy atom. The predicted molar refractivity (Wildman–Crippen MR) is 102 cm³/mol. The topological polar surface area (TPSA) is 84.9 Å². The van der Waals surface area contributed by atoms with Gasteiger partial charge in [0.1, 0.15) is 11.5 Å².